The number of phenolic OH excluding ortho intramolecular Hbond substituents is 1. The Balaban J connectivity index is 2.08. The zero-order valence-corrected chi connectivity index (χ0v) is 12.2. The van der Waals surface area contributed by atoms with E-state index in [0.717, 1.165) is 5.56 Å². The number of benzene rings is 2. The number of nitrogens with zero attached hydrogens (tertiary/aromatic N) is 1. The summed E-state index contributed by atoms with van der Waals surface area (Å²) in [4.78, 5) is 10.3. The first-order chi connectivity index (χ1) is 9.95. The Morgan fingerprint density at radius 1 is 1.29 bits per heavy atom. The van der Waals surface area contributed by atoms with Crippen LogP contribution in [0.4, 0.5) is 11.4 Å². The highest BCUT2D eigenvalue weighted by atomic mass is 35.5. The second-order valence-electron chi connectivity index (χ2n) is 4.84. The molecule has 2 rings (SSSR count). The Labute approximate surface area is 127 Å². The van der Waals surface area contributed by atoms with Gasteiger partial charge in [0.1, 0.15) is 5.75 Å². The minimum atomic E-state index is -0.452. The van der Waals surface area contributed by atoms with Crippen molar-refractivity contribution in [2.24, 2.45) is 0 Å². The fraction of sp³-hybridized carbons (Fsp3) is 0.200. The summed E-state index contributed by atoms with van der Waals surface area (Å²) in [5.74, 6) is 0.223. The van der Waals surface area contributed by atoms with Crippen LogP contribution in [0.15, 0.2) is 42.5 Å². The number of aromatic hydroxyl groups is 1. The maximum absolute atomic E-state index is 10.8. The molecule has 0 saturated heterocycles. The lowest BCUT2D eigenvalue weighted by molar-refractivity contribution is -0.384. The Bertz CT molecular complexity index is 644. The molecule has 1 unspecified atom stereocenters. The molecular formula is C15H15ClN2O3. The fourth-order valence-corrected chi connectivity index (χ4v) is 2.21. The smallest absolute Gasteiger partial charge is 0.271 e. The van der Waals surface area contributed by atoms with Gasteiger partial charge in [0.2, 0.25) is 0 Å². The minimum Gasteiger partial charge on any atom is -0.508 e. The number of halogens is 1. The number of phenols is 1. The molecule has 0 aromatic heterocycles. The lowest BCUT2D eigenvalue weighted by Gasteiger charge is -2.16. The van der Waals surface area contributed by atoms with E-state index in [1.807, 2.05) is 19.1 Å². The number of hydrogen-bond acceptors (Lipinski definition) is 4. The lowest BCUT2D eigenvalue weighted by atomic mass is 10.1. The molecule has 0 bridgehead atoms. The molecule has 110 valence electrons. The molecule has 21 heavy (non-hydrogen) atoms. The molecule has 5 nitrogen and oxygen atoms in total. The lowest BCUT2D eigenvalue weighted by Crippen LogP contribution is -2.18. The van der Waals surface area contributed by atoms with E-state index in [1.54, 1.807) is 12.1 Å². The summed E-state index contributed by atoms with van der Waals surface area (Å²) >= 11 is 6.05. The molecule has 0 aliphatic carbocycles. The molecule has 0 aliphatic rings. The van der Waals surface area contributed by atoms with Crippen molar-refractivity contribution in [2.75, 3.05) is 5.32 Å². The van der Waals surface area contributed by atoms with Crippen molar-refractivity contribution in [3.05, 3.63) is 63.2 Å². The predicted molar refractivity (Wildman–Crippen MR) is 83.0 cm³/mol. The summed E-state index contributed by atoms with van der Waals surface area (Å²) in [6.45, 7) is 1.96. The summed E-state index contributed by atoms with van der Waals surface area (Å²) in [5.41, 5.74) is 1.59. The molecule has 0 fully saturated rings. The second kappa shape index (κ2) is 6.45. The zero-order chi connectivity index (χ0) is 15.4. The number of rotatable bonds is 5. The largest absolute Gasteiger partial charge is 0.508 e. The molecule has 1 atom stereocenters. The Hall–Kier alpha value is -2.27. The van der Waals surface area contributed by atoms with E-state index in [2.05, 4.69) is 5.32 Å². The third-order valence-corrected chi connectivity index (χ3v) is 3.37. The molecule has 0 saturated carbocycles. The molecule has 0 amide bonds. The first-order valence-electron chi connectivity index (χ1n) is 6.44. The van der Waals surface area contributed by atoms with Crippen LogP contribution in [0.2, 0.25) is 5.02 Å². The van der Waals surface area contributed by atoms with Gasteiger partial charge in [-0.05, 0) is 37.1 Å². The molecule has 2 N–H and O–H groups in total. The van der Waals surface area contributed by atoms with Crippen LogP contribution in [0.1, 0.15) is 12.5 Å². The normalized spacial score (nSPS) is 11.9. The molecule has 0 aliphatic heterocycles. The standard InChI is InChI=1S/C15H15ClN2O3/c1-10(8-11-2-5-13(19)6-3-11)17-15-9-12(18(20)21)4-7-14(15)16/h2-7,9-10,17,19H,8H2,1H3. The van der Waals surface area contributed by atoms with Gasteiger partial charge in [0, 0.05) is 18.2 Å². The maximum atomic E-state index is 10.8. The van der Waals surface area contributed by atoms with Gasteiger partial charge in [-0.25, -0.2) is 0 Å². The summed E-state index contributed by atoms with van der Waals surface area (Å²) in [6.07, 6.45) is 0.708. The van der Waals surface area contributed by atoms with Gasteiger partial charge in [-0.15, -0.1) is 0 Å². The van der Waals surface area contributed by atoms with Gasteiger partial charge in [0.15, 0.2) is 0 Å². The third-order valence-electron chi connectivity index (χ3n) is 3.04. The number of nitro benzene ring substituents is 1. The number of anilines is 1. The van der Waals surface area contributed by atoms with Crippen LogP contribution in [0, 0.1) is 10.1 Å². The highest BCUT2D eigenvalue weighted by Crippen LogP contribution is 2.27. The van der Waals surface area contributed by atoms with Crippen LogP contribution in [0.25, 0.3) is 0 Å². The third kappa shape index (κ3) is 4.10. The van der Waals surface area contributed by atoms with Gasteiger partial charge in [0.05, 0.1) is 15.6 Å². The second-order valence-corrected chi connectivity index (χ2v) is 5.24. The van der Waals surface area contributed by atoms with Crippen LogP contribution >= 0.6 is 11.6 Å². The average molecular weight is 307 g/mol. The monoisotopic (exact) mass is 306 g/mol. The highest BCUT2D eigenvalue weighted by Gasteiger charge is 2.12. The van der Waals surface area contributed by atoms with E-state index in [0.29, 0.717) is 17.1 Å². The highest BCUT2D eigenvalue weighted by molar-refractivity contribution is 6.33. The van der Waals surface area contributed by atoms with Crippen molar-refractivity contribution in [3.8, 4) is 5.75 Å². The SMILES string of the molecule is CC(Cc1ccc(O)cc1)Nc1cc([N+](=O)[O-])ccc1Cl. The van der Waals surface area contributed by atoms with Crippen LogP contribution in [0.5, 0.6) is 5.75 Å². The van der Waals surface area contributed by atoms with E-state index >= 15 is 0 Å². The number of nitro groups is 1. The summed E-state index contributed by atoms with van der Waals surface area (Å²) in [5, 5.41) is 23.6. The summed E-state index contributed by atoms with van der Waals surface area (Å²) < 4.78 is 0. The Kier molecular flexibility index (Phi) is 4.65. The molecule has 6 heteroatoms. The van der Waals surface area contributed by atoms with Crippen molar-refractivity contribution in [2.45, 2.75) is 19.4 Å². The van der Waals surface area contributed by atoms with E-state index in [-0.39, 0.29) is 17.5 Å². The maximum Gasteiger partial charge on any atom is 0.271 e. The van der Waals surface area contributed by atoms with E-state index in [4.69, 9.17) is 11.6 Å². The zero-order valence-electron chi connectivity index (χ0n) is 11.4. The van der Waals surface area contributed by atoms with Crippen molar-refractivity contribution in [3.63, 3.8) is 0 Å². The van der Waals surface area contributed by atoms with Gasteiger partial charge in [0.25, 0.3) is 5.69 Å². The van der Waals surface area contributed by atoms with Gasteiger partial charge in [-0.3, -0.25) is 10.1 Å². The minimum absolute atomic E-state index is 0.00117. The van der Waals surface area contributed by atoms with Gasteiger partial charge in [-0.1, -0.05) is 23.7 Å². The van der Waals surface area contributed by atoms with Crippen LogP contribution < -0.4 is 5.32 Å². The molecular weight excluding hydrogens is 292 g/mol. The number of non-ortho nitro benzene ring substituents is 1. The Morgan fingerprint density at radius 2 is 1.95 bits per heavy atom. The number of nitrogens with one attached hydrogen (secondary N) is 1. The number of hydrogen-bond donors (Lipinski definition) is 2. The van der Waals surface area contributed by atoms with Gasteiger partial charge in [-0.2, -0.15) is 0 Å². The fourth-order valence-electron chi connectivity index (χ4n) is 2.04. The quantitative estimate of drug-likeness (QED) is 0.647. The van der Waals surface area contributed by atoms with Crippen LogP contribution in [0.3, 0.4) is 0 Å². The van der Waals surface area contributed by atoms with Gasteiger partial charge < -0.3 is 10.4 Å². The van der Waals surface area contributed by atoms with E-state index in [9.17, 15) is 15.2 Å². The van der Waals surface area contributed by atoms with Gasteiger partial charge >= 0.3 is 0 Å². The van der Waals surface area contributed by atoms with E-state index < -0.39 is 4.92 Å². The van der Waals surface area contributed by atoms with Crippen molar-refractivity contribution < 1.29 is 10.0 Å². The summed E-state index contributed by atoms with van der Waals surface area (Å²) in [7, 11) is 0. The molecule has 0 heterocycles. The first-order valence-corrected chi connectivity index (χ1v) is 6.82. The van der Waals surface area contributed by atoms with Crippen molar-refractivity contribution in [1.29, 1.82) is 0 Å². The topological polar surface area (TPSA) is 75.4 Å². The van der Waals surface area contributed by atoms with Crippen LogP contribution in [-0.2, 0) is 6.42 Å². The molecule has 2 aromatic rings. The van der Waals surface area contributed by atoms with Crippen LogP contribution in [-0.4, -0.2) is 16.1 Å². The van der Waals surface area contributed by atoms with Crippen molar-refractivity contribution >= 4 is 23.0 Å². The average Bonchev–Trinajstić information content (AvgIpc) is 2.43. The molecule has 2 aromatic carbocycles. The Morgan fingerprint density at radius 3 is 2.57 bits per heavy atom. The first kappa shape index (κ1) is 15.1. The van der Waals surface area contributed by atoms with Crippen molar-refractivity contribution in [1.82, 2.24) is 0 Å². The van der Waals surface area contributed by atoms with E-state index in [1.165, 1.54) is 18.2 Å². The predicted octanol–water partition coefficient (Wildman–Crippen LogP) is 4.00. The molecule has 0 radical (unpaired) electrons. The summed E-state index contributed by atoms with van der Waals surface area (Å²) in [6, 6.07) is 11.3. The molecule has 0 spiro atoms.